The molecule has 1 aliphatic rings. The van der Waals surface area contributed by atoms with E-state index in [0.29, 0.717) is 0 Å². The monoisotopic (exact) mass is 272 g/mol. The first-order valence-corrected chi connectivity index (χ1v) is 6.70. The number of pyridine rings is 1. The fourth-order valence-electron chi connectivity index (χ4n) is 2.52. The molecule has 0 amide bonds. The topological polar surface area (TPSA) is 45.4 Å². The highest BCUT2D eigenvalue weighted by Gasteiger charge is 2.20. The summed E-state index contributed by atoms with van der Waals surface area (Å²) >= 11 is 0. The van der Waals surface area contributed by atoms with E-state index in [1.807, 2.05) is 24.3 Å². The summed E-state index contributed by atoms with van der Waals surface area (Å²) in [5.41, 5.74) is 6.83. The summed E-state index contributed by atoms with van der Waals surface area (Å²) in [6, 6.07) is 10.9. The average molecular weight is 272 g/mol. The zero-order valence-corrected chi connectivity index (χ0v) is 11.2. The third kappa shape index (κ3) is 2.39. The van der Waals surface area contributed by atoms with Crippen molar-refractivity contribution < 1.29 is 4.39 Å². The summed E-state index contributed by atoms with van der Waals surface area (Å²) in [6.45, 7) is 3.33. The van der Waals surface area contributed by atoms with Crippen LogP contribution in [-0.2, 0) is 0 Å². The standard InChI is InChI=1S/C15H17FN4/c16-12-4-3-5-13(15(12)17)19-8-10-20(11-9-19)14-6-1-2-7-18-14/h1-7H,8-11,17H2. The SMILES string of the molecule is Nc1c(F)cccc1N1CCN(c2ccccn2)CC1. The zero-order chi connectivity index (χ0) is 13.9. The summed E-state index contributed by atoms with van der Waals surface area (Å²) in [6.07, 6.45) is 1.80. The van der Waals surface area contributed by atoms with E-state index in [0.717, 1.165) is 37.7 Å². The number of aromatic nitrogens is 1. The van der Waals surface area contributed by atoms with Crippen LogP contribution in [0.15, 0.2) is 42.6 Å². The van der Waals surface area contributed by atoms with Crippen LogP contribution in [0.3, 0.4) is 0 Å². The lowest BCUT2D eigenvalue weighted by atomic mass is 10.2. The summed E-state index contributed by atoms with van der Waals surface area (Å²) in [4.78, 5) is 8.71. The Morgan fingerprint density at radius 1 is 0.950 bits per heavy atom. The predicted octanol–water partition coefficient (Wildman–Crippen LogP) is 2.13. The van der Waals surface area contributed by atoms with E-state index in [4.69, 9.17) is 5.73 Å². The molecule has 1 aromatic heterocycles. The van der Waals surface area contributed by atoms with Crippen molar-refractivity contribution in [3.63, 3.8) is 0 Å². The number of benzene rings is 1. The van der Waals surface area contributed by atoms with Gasteiger partial charge in [-0.05, 0) is 24.3 Å². The van der Waals surface area contributed by atoms with E-state index in [1.165, 1.54) is 6.07 Å². The van der Waals surface area contributed by atoms with Crippen molar-refractivity contribution in [2.45, 2.75) is 0 Å². The largest absolute Gasteiger partial charge is 0.395 e. The van der Waals surface area contributed by atoms with Crippen LogP contribution in [0, 0.1) is 5.82 Å². The van der Waals surface area contributed by atoms with Gasteiger partial charge in [-0.15, -0.1) is 0 Å². The molecule has 0 spiro atoms. The molecule has 5 heteroatoms. The van der Waals surface area contributed by atoms with Crippen molar-refractivity contribution >= 4 is 17.2 Å². The van der Waals surface area contributed by atoms with Crippen molar-refractivity contribution in [2.24, 2.45) is 0 Å². The van der Waals surface area contributed by atoms with E-state index < -0.39 is 0 Å². The second-order valence-corrected chi connectivity index (χ2v) is 4.83. The summed E-state index contributed by atoms with van der Waals surface area (Å²) in [5, 5.41) is 0. The van der Waals surface area contributed by atoms with Gasteiger partial charge in [0.25, 0.3) is 0 Å². The fourth-order valence-corrected chi connectivity index (χ4v) is 2.52. The van der Waals surface area contributed by atoms with Crippen LogP contribution in [0.25, 0.3) is 0 Å². The normalized spacial score (nSPS) is 15.4. The number of anilines is 3. The molecular formula is C15H17FN4. The maximum absolute atomic E-state index is 13.5. The van der Waals surface area contributed by atoms with Crippen molar-refractivity contribution in [3.05, 3.63) is 48.4 Å². The molecule has 1 aromatic carbocycles. The summed E-state index contributed by atoms with van der Waals surface area (Å²) in [5.74, 6) is 0.633. The maximum Gasteiger partial charge on any atom is 0.148 e. The molecule has 3 rings (SSSR count). The van der Waals surface area contributed by atoms with Gasteiger partial charge in [-0.25, -0.2) is 9.37 Å². The number of hydrogen-bond acceptors (Lipinski definition) is 4. The third-order valence-corrected chi connectivity index (χ3v) is 3.62. The number of hydrogen-bond donors (Lipinski definition) is 1. The number of nitrogens with zero attached hydrogens (tertiary/aromatic N) is 3. The van der Waals surface area contributed by atoms with Gasteiger partial charge < -0.3 is 15.5 Å². The highest BCUT2D eigenvalue weighted by Crippen LogP contribution is 2.27. The molecule has 2 heterocycles. The molecule has 104 valence electrons. The average Bonchev–Trinajstić information content (AvgIpc) is 2.51. The number of piperazine rings is 1. The second kappa shape index (κ2) is 5.36. The number of rotatable bonds is 2. The van der Waals surface area contributed by atoms with Crippen molar-refractivity contribution in [3.8, 4) is 0 Å². The van der Waals surface area contributed by atoms with Crippen molar-refractivity contribution in [1.29, 1.82) is 0 Å². The molecule has 1 aliphatic heterocycles. The lowest BCUT2D eigenvalue weighted by Crippen LogP contribution is -2.47. The van der Waals surface area contributed by atoms with Gasteiger partial charge in [0, 0.05) is 32.4 Å². The summed E-state index contributed by atoms with van der Waals surface area (Å²) < 4.78 is 13.5. The molecule has 20 heavy (non-hydrogen) atoms. The first kappa shape index (κ1) is 12.7. The quantitative estimate of drug-likeness (QED) is 0.851. The molecule has 1 saturated heterocycles. The Labute approximate surface area is 117 Å². The molecule has 2 N–H and O–H groups in total. The Morgan fingerprint density at radius 3 is 2.40 bits per heavy atom. The minimum Gasteiger partial charge on any atom is -0.395 e. The molecule has 0 atom stereocenters. The van der Waals surface area contributed by atoms with Gasteiger partial charge in [0.2, 0.25) is 0 Å². The molecule has 4 nitrogen and oxygen atoms in total. The fraction of sp³-hybridized carbons (Fsp3) is 0.267. The number of nitrogens with two attached hydrogens (primary N) is 1. The van der Waals surface area contributed by atoms with Crippen LogP contribution in [0.5, 0.6) is 0 Å². The van der Waals surface area contributed by atoms with Crippen LogP contribution in [-0.4, -0.2) is 31.2 Å². The van der Waals surface area contributed by atoms with E-state index in [2.05, 4.69) is 14.8 Å². The van der Waals surface area contributed by atoms with Crippen LogP contribution in [0.2, 0.25) is 0 Å². The Kier molecular flexibility index (Phi) is 3.41. The smallest absolute Gasteiger partial charge is 0.148 e. The van der Waals surface area contributed by atoms with Gasteiger partial charge in [-0.3, -0.25) is 0 Å². The molecule has 0 aliphatic carbocycles. The maximum atomic E-state index is 13.5. The number of nitrogen functional groups attached to an aromatic ring is 1. The van der Waals surface area contributed by atoms with Crippen molar-refractivity contribution in [2.75, 3.05) is 41.7 Å². The van der Waals surface area contributed by atoms with Gasteiger partial charge in [0.1, 0.15) is 11.6 Å². The molecule has 0 saturated carbocycles. The van der Waals surface area contributed by atoms with E-state index in [1.54, 1.807) is 12.3 Å². The first-order chi connectivity index (χ1) is 9.75. The Bertz CT molecular complexity index is 580. The lowest BCUT2D eigenvalue weighted by molar-refractivity contribution is 0.624. The molecule has 1 fully saturated rings. The summed E-state index contributed by atoms with van der Waals surface area (Å²) in [7, 11) is 0. The number of para-hydroxylation sites is 1. The first-order valence-electron chi connectivity index (χ1n) is 6.70. The van der Waals surface area contributed by atoms with Gasteiger partial charge in [0.15, 0.2) is 0 Å². The molecule has 2 aromatic rings. The molecule has 0 radical (unpaired) electrons. The highest BCUT2D eigenvalue weighted by atomic mass is 19.1. The minimum atomic E-state index is -0.352. The minimum absolute atomic E-state index is 0.235. The Hall–Kier alpha value is -2.30. The van der Waals surface area contributed by atoms with Crippen molar-refractivity contribution in [1.82, 2.24) is 4.98 Å². The Morgan fingerprint density at radius 2 is 1.70 bits per heavy atom. The van der Waals surface area contributed by atoms with Crippen LogP contribution >= 0.6 is 0 Å². The van der Waals surface area contributed by atoms with Gasteiger partial charge in [-0.2, -0.15) is 0 Å². The van der Waals surface area contributed by atoms with Crippen LogP contribution < -0.4 is 15.5 Å². The van der Waals surface area contributed by atoms with Gasteiger partial charge >= 0.3 is 0 Å². The zero-order valence-electron chi connectivity index (χ0n) is 11.2. The van der Waals surface area contributed by atoms with E-state index >= 15 is 0 Å². The highest BCUT2D eigenvalue weighted by molar-refractivity contribution is 5.68. The van der Waals surface area contributed by atoms with Crippen LogP contribution in [0.1, 0.15) is 0 Å². The lowest BCUT2D eigenvalue weighted by Gasteiger charge is -2.37. The second-order valence-electron chi connectivity index (χ2n) is 4.83. The van der Waals surface area contributed by atoms with E-state index in [9.17, 15) is 4.39 Å². The third-order valence-electron chi connectivity index (χ3n) is 3.62. The van der Waals surface area contributed by atoms with Gasteiger partial charge in [0.05, 0.1) is 11.4 Å². The van der Waals surface area contributed by atoms with E-state index in [-0.39, 0.29) is 11.5 Å². The Balaban J connectivity index is 1.71. The molecular weight excluding hydrogens is 255 g/mol. The molecule has 0 bridgehead atoms. The number of halogens is 1. The van der Waals surface area contributed by atoms with Gasteiger partial charge in [-0.1, -0.05) is 12.1 Å². The van der Waals surface area contributed by atoms with Crippen LogP contribution in [0.4, 0.5) is 21.6 Å². The molecule has 0 unspecified atom stereocenters. The predicted molar refractivity (Wildman–Crippen MR) is 79.5 cm³/mol.